The Hall–Kier alpha value is -1.88. The van der Waals surface area contributed by atoms with Gasteiger partial charge in [0.2, 0.25) is 0 Å². The Kier molecular flexibility index (Phi) is 1.97. The Morgan fingerprint density at radius 2 is 1.87 bits per heavy atom. The molecular weight excluding hydrogens is 186 g/mol. The van der Waals surface area contributed by atoms with E-state index in [1.165, 1.54) is 0 Å². The van der Waals surface area contributed by atoms with E-state index in [9.17, 15) is 4.79 Å². The predicted octanol–water partition coefficient (Wildman–Crippen LogP) is 2.08. The van der Waals surface area contributed by atoms with Gasteiger partial charge in [0.15, 0.2) is 5.78 Å². The highest BCUT2D eigenvalue weighted by Crippen LogP contribution is 2.26. The molecule has 0 radical (unpaired) electrons. The van der Waals surface area contributed by atoms with Crippen molar-refractivity contribution in [1.82, 2.24) is 0 Å². The number of Topliss-reactive ketones (excluding diaryl/α,β-unsaturated/α-hetero) is 1. The molecule has 0 aliphatic carbocycles. The largest absolute Gasteiger partial charge is 0.291 e. The fourth-order valence-corrected chi connectivity index (χ4v) is 1.72. The van der Waals surface area contributed by atoms with Gasteiger partial charge >= 0.3 is 0 Å². The second-order valence-electron chi connectivity index (χ2n) is 4.04. The van der Waals surface area contributed by atoms with Gasteiger partial charge in [0.05, 0.1) is 0 Å². The maximum absolute atomic E-state index is 12.0. The third-order valence-electron chi connectivity index (χ3n) is 2.51. The summed E-state index contributed by atoms with van der Waals surface area (Å²) in [6.07, 6.45) is 5.39. The third-order valence-corrected chi connectivity index (χ3v) is 2.51. The van der Waals surface area contributed by atoms with Gasteiger partial charge in [-0.25, -0.2) is 0 Å². The first kappa shape index (κ1) is 9.67. The van der Waals surface area contributed by atoms with Gasteiger partial charge in [-0.15, -0.1) is 6.42 Å². The zero-order valence-corrected chi connectivity index (χ0v) is 8.74. The van der Waals surface area contributed by atoms with Gasteiger partial charge in [-0.05, 0) is 13.8 Å². The van der Waals surface area contributed by atoms with Crippen LogP contribution in [-0.4, -0.2) is 17.0 Å². The number of hydrogen-bond donors (Lipinski definition) is 0. The molecule has 1 heterocycles. The predicted molar refractivity (Wildman–Crippen MR) is 60.2 cm³/mol. The summed E-state index contributed by atoms with van der Waals surface area (Å²) in [6, 6.07) is 7.33. The fraction of sp³-hybridized carbons (Fsp3) is 0.231. The van der Waals surface area contributed by atoms with Crippen LogP contribution in [0.4, 0.5) is 0 Å². The molecule has 0 saturated carbocycles. The molecule has 74 valence electrons. The fourth-order valence-electron chi connectivity index (χ4n) is 1.72. The van der Waals surface area contributed by atoms with Crippen LogP contribution in [0.3, 0.4) is 0 Å². The Labute approximate surface area is 89.0 Å². The van der Waals surface area contributed by atoms with Crippen molar-refractivity contribution >= 4 is 11.5 Å². The molecular formula is C13H11NO. The maximum atomic E-state index is 12.0. The van der Waals surface area contributed by atoms with Crippen LogP contribution >= 0.6 is 0 Å². The van der Waals surface area contributed by atoms with Crippen molar-refractivity contribution in [3.8, 4) is 12.3 Å². The lowest BCUT2D eigenvalue weighted by molar-refractivity contribution is 0.0912. The highest BCUT2D eigenvalue weighted by Gasteiger charge is 2.34. The second-order valence-corrected chi connectivity index (χ2v) is 4.04. The number of carbonyl (C=O) groups is 1. The van der Waals surface area contributed by atoms with Crippen LogP contribution in [0.15, 0.2) is 29.3 Å². The number of fused-ring (bicyclic) bond motifs is 1. The SMILES string of the molecule is C#CC1=NC(C)(C)C(=O)c2ccccc21. The molecule has 15 heavy (non-hydrogen) atoms. The van der Waals surface area contributed by atoms with Gasteiger partial charge in [0.1, 0.15) is 11.3 Å². The first-order valence-electron chi connectivity index (χ1n) is 4.77. The number of benzene rings is 1. The average Bonchev–Trinajstić information content (AvgIpc) is 2.24. The Balaban J connectivity index is 2.73. The van der Waals surface area contributed by atoms with E-state index in [-0.39, 0.29) is 5.78 Å². The smallest absolute Gasteiger partial charge is 0.190 e. The second kappa shape index (κ2) is 3.06. The quantitative estimate of drug-likeness (QED) is 0.585. The van der Waals surface area contributed by atoms with Crippen LogP contribution in [0.25, 0.3) is 0 Å². The summed E-state index contributed by atoms with van der Waals surface area (Å²) in [6.45, 7) is 3.56. The van der Waals surface area contributed by atoms with E-state index in [2.05, 4.69) is 10.9 Å². The van der Waals surface area contributed by atoms with Gasteiger partial charge in [-0.3, -0.25) is 9.79 Å². The van der Waals surface area contributed by atoms with Crippen LogP contribution in [0, 0.1) is 12.3 Å². The minimum atomic E-state index is -0.740. The molecule has 1 aliphatic rings. The van der Waals surface area contributed by atoms with Crippen LogP contribution in [-0.2, 0) is 0 Å². The molecule has 0 amide bonds. The minimum Gasteiger partial charge on any atom is -0.291 e. The summed E-state index contributed by atoms with van der Waals surface area (Å²) in [5.74, 6) is 2.56. The topological polar surface area (TPSA) is 29.4 Å². The normalized spacial score (nSPS) is 17.7. The number of carbonyl (C=O) groups excluding carboxylic acids is 1. The standard InChI is InChI=1S/C13H11NO/c1-4-11-9-7-5-6-8-10(9)12(15)13(2,3)14-11/h1,5-8H,2-3H3. The number of nitrogens with zero attached hydrogens (tertiary/aromatic N) is 1. The van der Waals surface area contributed by atoms with Crippen molar-refractivity contribution in [2.45, 2.75) is 19.4 Å². The van der Waals surface area contributed by atoms with Crippen molar-refractivity contribution in [3.63, 3.8) is 0 Å². The molecule has 0 N–H and O–H groups in total. The van der Waals surface area contributed by atoms with Crippen molar-refractivity contribution in [3.05, 3.63) is 35.4 Å². The molecule has 0 atom stereocenters. The third kappa shape index (κ3) is 1.37. The molecule has 0 bridgehead atoms. The molecule has 2 nitrogen and oxygen atoms in total. The van der Waals surface area contributed by atoms with Crippen molar-refractivity contribution < 1.29 is 4.79 Å². The van der Waals surface area contributed by atoms with Gasteiger partial charge in [-0.1, -0.05) is 30.2 Å². The summed E-state index contributed by atoms with van der Waals surface area (Å²) in [4.78, 5) is 16.3. The lowest BCUT2D eigenvalue weighted by Gasteiger charge is -2.25. The molecule has 1 aromatic rings. The number of rotatable bonds is 0. The van der Waals surface area contributed by atoms with E-state index in [0.717, 1.165) is 5.56 Å². The van der Waals surface area contributed by atoms with Gasteiger partial charge in [-0.2, -0.15) is 0 Å². The first-order valence-corrected chi connectivity index (χ1v) is 4.77. The Morgan fingerprint density at radius 1 is 1.27 bits per heavy atom. The molecule has 0 aromatic heterocycles. The molecule has 2 rings (SSSR count). The minimum absolute atomic E-state index is 0.0251. The molecule has 0 spiro atoms. The summed E-state index contributed by atoms with van der Waals surface area (Å²) in [5.41, 5.74) is 1.26. The monoisotopic (exact) mass is 197 g/mol. The zero-order valence-electron chi connectivity index (χ0n) is 8.74. The zero-order chi connectivity index (χ0) is 11.1. The van der Waals surface area contributed by atoms with E-state index in [1.54, 1.807) is 19.9 Å². The van der Waals surface area contributed by atoms with Gasteiger partial charge in [0, 0.05) is 11.1 Å². The highest BCUT2D eigenvalue weighted by atomic mass is 16.1. The number of hydrogen-bond acceptors (Lipinski definition) is 2. The molecule has 2 heteroatoms. The Morgan fingerprint density at radius 3 is 2.47 bits per heavy atom. The van der Waals surface area contributed by atoms with Crippen LogP contribution in [0.1, 0.15) is 29.8 Å². The van der Waals surface area contributed by atoms with E-state index in [1.807, 2.05) is 18.2 Å². The number of terminal acetylenes is 1. The van der Waals surface area contributed by atoms with Crippen molar-refractivity contribution in [1.29, 1.82) is 0 Å². The average molecular weight is 197 g/mol. The molecule has 0 fully saturated rings. The maximum Gasteiger partial charge on any atom is 0.190 e. The van der Waals surface area contributed by atoms with E-state index < -0.39 is 5.54 Å². The lowest BCUT2D eigenvalue weighted by atomic mass is 9.86. The molecule has 0 saturated heterocycles. The summed E-state index contributed by atoms with van der Waals surface area (Å²) < 4.78 is 0. The first-order chi connectivity index (χ1) is 7.06. The van der Waals surface area contributed by atoms with Crippen molar-refractivity contribution in [2.24, 2.45) is 4.99 Å². The molecule has 1 aromatic carbocycles. The summed E-state index contributed by atoms with van der Waals surface area (Å²) in [5, 5.41) is 0. The van der Waals surface area contributed by atoms with Crippen LogP contribution in [0.2, 0.25) is 0 Å². The summed E-state index contributed by atoms with van der Waals surface area (Å²) >= 11 is 0. The van der Waals surface area contributed by atoms with E-state index in [0.29, 0.717) is 11.3 Å². The summed E-state index contributed by atoms with van der Waals surface area (Å²) in [7, 11) is 0. The number of ketones is 1. The van der Waals surface area contributed by atoms with Gasteiger partial charge < -0.3 is 0 Å². The highest BCUT2D eigenvalue weighted by molar-refractivity contribution is 6.23. The van der Waals surface area contributed by atoms with Crippen molar-refractivity contribution in [2.75, 3.05) is 0 Å². The lowest BCUT2D eigenvalue weighted by Crippen LogP contribution is -2.35. The Bertz CT molecular complexity index is 504. The molecule has 0 unspecified atom stereocenters. The van der Waals surface area contributed by atoms with E-state index in [4.69, 9.17) is 6.42 Å². The van der Waals surface area contributed by atoms with E-state index >= 15 is 0 Å². The van der Waals surface area contributed by atoms with Gasteiger partial charge in [0.25, 0.3) is 0 Å². The van der Waals surface area contributed by atoms with Crippen LogP contribution < -0.4 is 0 Å². The number of aliphatic imine (C=N–C) groups is 1. The molecule has 1 aliphatic heterocycles. The van der Waals surface area contributed by atoms with Crippen LogP contribution in [0.5, 0.6) is 0 Å².